The lowest BCUT2D eigenvalue weighted by molar-refractivity contribution is -0.143. The molecule has 0 radical (unpaired) electrons. The normalized spacial score (nSPS) is 12.0. The molecule has 0 fully saturated rings. The smallest absolute Gasteiger partial charge is 0.305 e. The highest BCUT2D eigenvalue weighted by atomic mass is 35.5. The monoisotopic (exact) mass is 346 g/mol. The van der Waals surface area contributed by atoms with Crippen LogP contribution >= 0.6 is 11.6 Å². The van der Waals surface area contributed by atoms with Gasteiger partial charge in [-0.1, -0.05) is 48.0 Å². The predicted molar refractivity (Wildman–Crippen MR) is 96.9 cm³/mol. The van der Waals surface area contributed by atoms with Crippen LogP contribution in [0.3, 0.4) is 0 Å². The van der Waals surface area contributed by atoms with Gasteiger partial charge in [0.05, 0.1) is 12.7 Å². The number of halogens is 1. The van der Waals surface area contributed by atoms with E-state index in [9.17, 15) is 9.90 Å². The summed E-state index contributed by atoms with van der Waals surface area (Å²) in [4.78, 5) is 11.3. The van der Waals surface area contributed by atoms with Crippen molar-refractivity contribution in [2.45, 2.75) is 38.7 Å². The number of hydrogen-bond donors (Lipinski definition) is 1. The van der Waals surface area contributed by atoms with Gasteiger partial charge in [-0.25, -0.2) is 0 Å². The molecular formula is C20H23ClO3. The zero-order chi connectivity index (χ0) is 17.4. The van der Waals surface area contributed by atoms with Crippen LogP contribution in [0.1, 0.15) is 44.3 Å². The summed E-state index contributed by atoms with van der Waals surface area (Å²) in [5, 5.41) is 11.0. The van der Waals surface area contributed by atoms with E-state index >= 15 is 0 Å². The van der Waals surface area contributed by atoms with Gasteiger partial charge in [-0.3, -0.25) is 4.79 Å². The number of carbonyl (C=O) groups excluding carboxylic acids is 1. The minimum atomic E-state index is -0.508. The van der Waals surface area contributed by atoms with Gasteiger partial charge in [-0.15, -0.1) is 0 Å². The van der Waals surface area contributed by atoms with Crippen molar-refractivity contribution in [1.29, 1.82) is 0 Å². The van der Waals surface area contributed by atoms with Crippen LogP contribution in [0, 0.1) is 0 Å². The quantitative estimate of drug-likeness (QED) is 0.530. The summed E-state index contributed by atoms with van der Waals surface area (Å²) in [5.41, 5.74) is 3.07. The Labute approximate surface area is 148 Å². The van der Waals surface area contributed by atoms with Gasteiger partial charge in [0.25, 0.3) is 0 Å². The molecule has 0 spiro atoms. The average Bonchev–Trinajstić information content (AvgIpc) is 2.60. The number of aliphatic hydroxyl groups is 1. The van der Waals surface area contributed by atoms with Crippen molar-refractivity contribution in [3.8, 4) is 11.1 Å². The first kappa shape index (κ1) is 18.5. The number of hydrogen-bond acceptors (Lipinski definition) is 3. The van der Waals surface area contributed by atoms with Crippen LogP contribution in [0.5, 0.6) is 0 Å². The molecule has 0 saturated heterocycles. The summed E-state index contributed by atoms with van der Waals surface area (Å²) in [5.74, 6) is -0.167. The molecule has 2 rings (SSSR count). The first-order valence-electron chi connectivity index (χ1n) is 8.29. The summed E-state index contributed by atoms with van der Waals surface area (Å²) in [6.07, 6.45) is 2.07. The van der Waals surface area contributed by atoms with Crippen molar-refractivity contribution in [3.63, 3.8) is 0 Å². The molecule has 2 aromatic carbocycles. The summed E-state index contributed by atoms with van der Waals surface area (Å²) >= 11 is 5.90. The number of unbranched alkanes of at least 4 members (excludes halogenated alkanes) is 1. The lowest BCUT2D eigenvalue weighted by atomic mass is 9.99. The third-order valence-corrected chi connectivity index (χ3v) is 4.14. The lowest BCUT2D eigenvalue weighted by Gasteiger charge is -2.12. The van der Waals surface area contributed by atoms with Crippen LogP contribution in [-0.2, 0) is 9.53 Å². The van der Waals surface area contributed by atoms with Crippen LogP contribution in [0.25, 0.3) is 11.1 Å². The van der Waals surface area contributed by atoms with E-state index in [1.807, 2.05) is 48.5 Å². The van der Waals surface area contributed by atoms with Crippen molar-refractivity contribution in [3.05, 3.63) is 59.1 Å². The van der Waals surface area contributed by atoms with E-state index < -0.39 is 6.10 Å². The van der Waals surface area contributed by atoms with Crippen molar-refractivity contribution in [2.24, 2.45) is 0 Å². The number of rotatable bonds is 8. The van der Waals surface area contributed by atoms with Gasteiger partial charge in [0.1, 0.15) is 0 Å². The SMILES string of the molecule is CCOC(=O)CCCC[C@@H](O)c1ccc(-c2ccc(Cl)cc2)cc1. The Kier molecular flexibility index (Phi) is 7.29. The Morgan fingerprint density at radius 3 is 2.21 bits per heavy atom. The predicted octanol–water partition coefficient (Wildman–Crippen LogP) is 5.16. The van der Waals surface area contributed by atoms with Crippen LogP contribution in [-0.4, -0.2) is 17.7 Å². The van der Waals surface area contributed by atoms with Gasteiger partial charge >= 0.3 is 5.97 Å². The van der Waals surface area contributed by atoms with Crippen molar-refractivity contribution < 1.29 is 14.6 Å². The maximum absolute atomic E-state index is 11.3. The third-order valence-electron chi connectivity index (χ3n) is 3.89. The van der Waals surface area contributed by atoms with Crippen LogP contribution in [0.2, 0.25) is 5.02 Å². The maximum Gasteiger partial charge on any atom is 0.305 e. The Morgan fingerprint density at radius 1 is 1.04 bits per heavy atom. The number of carbonyl (C=O) groups is 1. The molecule has 1 N–H and O–H groups in total. The molecule has 4 heteroatoms. The number of ether oxygens (including phenoxy) is 1. The molecule has 0 bridgehead atoms. The Balaban J connectivity index is 1.84. The van der Waals surface area contributed by atoms with Crippen molar-refractivity contribution >= 4 is 17.6 Å². The van der Waals surface area contributed by atoms with Gasteiger partial charge in [0, 0.05) is 11.4 Å². The first-order valence-corrected chi connectivity index (χ1v) is 8.67. The maximum atomic E-state index is 11.3. The molecule has 3 nitrogen and oxygen atoms in total. The molecule has 128 valence electrons. The van der Waals surface area contributed by atoms with E-state index in [0.29, 0.717) is 24.5 Å². The molecule has 0 aromatic heterocycles. The molecular weight excluding hydrogens is 324 g/mol. The van der Waals surface area contributed by atoms with Gasteiger partial charge in [-0.2, -0.15) is 0 Å². The molecule has 0 amide bonds. The third kappa shape index (κ3) is 5.66. The molecule has 0 heterocycles. The van der Waals surface area contributed by atoms with E-state index in [2.05, 4.69) is 0 Å². The zero-order valence-corrected chi connectivity index (χ0v) is 14.6. The van der Waals surface area contributed by atoms with Crippen molar-refractivity contribution in [1.82, 2.24) is 0 Å². The summed E-state index contributed by atoms with van der Waals surface area (Å²) in [6.45, 7) is 2.22. The topological polar surface area (TPSA) is 46.5 Å². The molecule has 2 aromatic rings. The minimum Gasteiger partial charge on any atom is -0.466 e. The highest BCUT2D eigenvalue weighted by molar-refractivity contribution is 6.30. The van der Waals surface area contributed by atoms with Gasteiger partial charge in [0.15, 0.2) is 0 Å². The van der Waals surface area contributed by atoms with Crippen LogP contribution in [0.4, 0.5) is 0 Å². The lowest BCUT2D eigenvalue weighted by Crippen LogP contribution is -2.04. The molecule has 0 saturated carbocycles. The minimum absolute atomic E-state index is 0.167. The van der Waals surface area contributed by atoms with Crippen LogP contribution < -0.4 is 0 Å². The highest BCUT2D eigenvalue weighted by Gasteiger charge is 2.09. The van der Waals surface area contributed by atoms with Crippen LogP contribution in [0.15, 0.2) is 48.5 Å². The fourth-order valence-corrected chi connectivity index (χ4v) is 2.67. The van der Waals surface area contributed by atoms with Gasteiger partial charge < -0.3 is 9.84 Å². The summed E-state index contributed by atoms with van der Waals surface area (Å²) in [6, 6.07) is 15.6. The van der Waals surface area contributed by atoms with E-state index in [-0.39, 0.29) is 5.97 Å². The average molecular weight is 347 g/mol. The zero-order valence-electron chi connectivity index (χ0n) is 13.9. The fraction of sp³-hybridized carbons (Fsp3) is 0.350. The Hall–Kier alpha value is -1.84. The van der Waals surface area contributed by atoms with E-state index in [1.54, 1.807) is 6.92 Å². The van der Waals surface area contributed by atoms with E-state index in [0.717, 1.165) is 29.5 Å². The molecule has 24 heavy (non-hydrogen) atoms. The number of benzene rings is 2. The van der Waals surface area contributed by atoms with Gasteiger partial charge in [0.2, 0.25) is 0 Å². The standard InChI is InChI=1S/C20H23ClO3/c1-2-24-20(23)6-4-3-5-19(22)17-9-7-15(8-10-17)16-11-13-18(21)14-12-16/h7-14,19,22H,2-6H2,1H3/t19-/m1/s1. The largest absolute Gasteiger partial charge is 0.466 e. The molecule has 0 aliphatic carbocycles. The number of aliphatic hydroxyl groups excluding tert-OH is 1. The highest BCUT2D eigenvalue weighted by Crippen LogP contribution is 2.25. The van der Waals surface area contributed by atoms with Gasteiger partial charge in [-0.05, 0) is 55.0 Å². The summed E-state index contributed by atoms with van der Waals surface area (Å²) in [7, 11) is 0. The molecule has 0 aliphatic heterocycles. The molecule has 1 atom stereocenters. The van der Waals surface area contributed by atoms with Crippen molar-refractivity contribution in [2.75, 3.05) is 6.61 Å². The molecule has 0 unspecified atom stereocenters. The second-order valence-corrected chi connectivity index (χ2v) is 6.13. The first-order chi connectivity index (χ1) is 11.6. The summed E-state index contributed by atoms with van der Waals surface area (Å²) < 4.78 is 4.89. The fourth-order valence-electron chi connectivity index (χ4n) is 2.55. The number of esters is 1. The molecule has 0 aliphatic rings. The Bertz CT molecular complexity index is 635. The van der Waals surface area contributed by atoms with E-state index in [4.69, 9.17) is 16.3 Å². The Morgan fingerprint density at radius 2 is 1.62 bits per heavy atom. The second-order valence-electron chi connectivity index (χ2n) is 5.70. The van der Waals surface area contributed by atoms with E-state index in [1.165, 1.54) is 0 Å². The second kappa shape index (κ2) is 9.45.